The number of carboxylic acids is 1. The second kappa shape index (κ2) is 8.68. The van der Waals surface area contributed by atoms with E-state index in [1.165, 1.54) is 6.08 Å². The summed E-state index contributed by atoms with van der Waals surface area (Å²) < 4.78 is 10.6. The fourth-order valence-corrected chi connectivity index (χ4v) is 2.18. The molecular formula is C20H20O5. The van der Waals surface area contributed by atoms with Gasteiger partial charge in [0.05, 0.1) is 6.61 Å². The molecule has 0 atom stereocenters. The number of aliphatic carboxylic acids is 1. The zero-order chi connectivity index (χ0) is 18.2. The van der Waals surface area contributed by atoms with Crippen LogP contribution in [-0.4, -0.2) is 30.1 Å². The number of carbonyl (C=O) groups is 2. The average molecular weight is 340 g/mol. The second-order valence-electron chi connectivity index (χ2n) is 5.40. The molecule has 2 rings (SSSR count). The third-order valence-electron chi connectivity index (χ3n) is 3.40. The smallest absolute Gasteiger partial charge is 0.371 e. The molecule has 2 aromatic rings. The highest BCUT2D eigenvalue weighted by Gasteiger charge is 2.09. The van der Waals surface area contributed by atoms with E-state index in [0.29, 0.717) is 16.9 Å². The summed E-state index contributed by atoms with van der Waals surface area (Å²) in [5.41, 5.74) is 2.30. The molecule has 0 saturated carbocycles. The molecule has 0 fully saturated rings. The normalized spacial score (nSPS) is 11.0. The maximum Gasteiger partial charge on any atom is 0.371 e. The van der Waals surface area contributed by atoms with Gasteiger partial charge in [0.2, 0.25) is 5.76 Å². The third-order valence-corrected chi connectivity index (χ3v) is 3.40. The summed E-state index contributed by atoms with van der Waals surface area (Å²) in [6, 6.07) is 14.1. The van der Waals surface area contributed by atoms with Gasteiger partial charge in [0.15, 0.2) is 12.4 Å². The van der Waals surface area contributed by atoms with E-state index in [1.54, 1.807) is 37.3 Å². The van der Waals surface area contributed by atoms with Crippen LogP contribution in [0.3, 0.4) is 0 Å². The Kier molecular flexibility index (Phi) is 6.34. The van der Waals surface area contributed by atoms with Gasteiger partial charge in [-0.2, -0.15) is 0 Å². The molecule has 5 nitrogen and oxygen atoms in total. The lowest BCUT2D eigenvalue weighted by molar-refractivity contribution is -0.136. The van der Waals surface area contributed by atoms with Crippen LogP contribution in [0.25, 0.3) is 6.08 Å². The molecule has 130 valence electrons. The van der Waals surface area contributed by atoms with Crippen LogP contribution in [0.15, 0.2) is 54.3 Å². The van der Waals surface area contributed by atoms with Crippen molar-refractivity contribution in [3.8, 4) is 5.75 Å². The van der Waals surface area contributed by atoms with Gasteiger partial charge in [0.1, 0.15) is 5.75 Å². The van der Waals surface area contributed by atoms with Crippen molar-refractivity contribution in [2.45, 2.75) is 13.8 Å². The van der Waals surface area contributed by atoms with E-state index in [9.17, 15) is 9.59 Å². The minimum Gasteiger partial charge on any atom is -0.487 e. The summed E-state index contributed by atoms with van der Waals surface area (Å²) in [6.45, 7) is 3.87. The fraction of sp³-hybridized carbons (Fsp3) is 0.200. The maximum absolute atomic E-state index is 12.1. The fourth-order valence-electron chi connectivity index (χ4n) is 2.18. The summed E-state index contributed by atoms with van der Waals surface area (Å²) in [5, 5.41) is 9.04. The van der Waals surface area contributed by atoms with Crippen LogP contribution in [0.5, 0.6) is 5.75 Å². The van der Waals surface area contributed by atoms with E-state index in [2.05, 4.69) is 0 Å². The van der Waals surface area contributed by atoms with Crippen LogP contribution in [0.2, 0.25) is 0 Å². The van der Waals surface area contributed by atoms with E-state index >= 15 is 0 Å². The molecule has 25 heavy (non-hydrogen) atoms. The SMILES string of the molecule is CCO/C(=C\c1ccc(OCC(=O)c2cccc(C)c2)cc1)C(=O)O. The quantitative estimate of drug-likeness (QED) is 0.450. The number of Topliss-reactive ketones (excluding diaryl/α,β-unsaturated/α-hetero) is 1. The first kappa shape index (κ1) is 18.3. The zero-order valence-electron chi connectivity index (χ0n) is 14.2. The lowest BCUT2D eigenvalue weighted by atomic mass is 10.1. The minimum absolute atomic E-state index is 0.0576. The first-order chi connectivity index (χ1) is 12.0. The van der Waals surface area contributed by atoms with Crippen molar-refractivity contribution in [3.05, 3.63) is 71.0 Å². The maximum atomic E-state index is 12.1. The Balaban J connectivity index is 1.99. The van der Waals surface area contributed by atoms with Crippen molar-refractivity contribution in [1.29, 1.82) is 0 Å². The molecule has 0 spiro atoms. The number of carbonyl (C=O) groups excluding carboxylic acids is 1. The molecule has 0 aliphatic heterocycles. The lowest BCUT2D eigenvalue weighted by Gasteiger charge is -2.07. The molecule has 2 aromatic carbocycles. The molecule has 5 heteroatoms. The molecular weight excluding hydrogens is 320 g/mol. The molecule has 0 aliphatic carbocycles. The largest absolute Gasteiger partial charge is 0.487 e. The van der Waals surface area contributed by atoms with Crippen molar-refractivity contribution >= 4 is 17.8 Å². The van der Waals surface area contributed by atoms with Crippen LogP contribution < -0.4 is 4.74 Å². The lowest BCUT2D eigenvalue weighted by Crippen LogP contribution is -2.11. The summed E-state index contributed by atoms with van der Waals surface area (Å²) in [5.74, 6) is -0.805. The van der Waals surface area contributed by atoms with Gasteiger partial charge in [0, 0.05) is 5.56 Å². The predicted octanol–water partition coefficient (Wildman–Crippen LogP) is 3.72. The number of rotatable bonds is 8. The van der Waals surface area contributed by atoms with Crippen molar-refractivity contribution in [2.24, 2.45) is 0 Å². The highest BCUT2D eigenvalue weighted by molar-refractivity contribution is 5.97. The predicted molar refractivity (Wildman–Crippen MR) is 94.7 cm³/mol. The van der Waals surface area contributed by atoms with Crippen molar-refractivity contribution < 1.29 is 24.2 Å². The van der Waals surface area contributed by atoms with Gasteiger partial charge < -0.3 is 14.6 Å². The molecule has 0 bridgehead atoms. The Bertz CT molecular complexity index is 775. The molecule has 0 radical (unpaired) electrons. The van der Waals surface area contributed by atoms with Crippen molar-refractivity contribution in [3.63, 3.8) is 0 Å². The van der Waals surface area contributed by atoms with Gasteiger partial charge in [-0.1, -0.05) is 35.9 Å². The summed E-state index contributed by atoms with van der Waals surface area (Å²) in [7, 11) is 0. The molecule has 1 N–H and O–H groups in total. The standard InChI is InChI=1S/C20H20O5/c1-3-24-19(20(22)23)12-15-7-9-17(10-8-15)25-13-18(21)16-6-4-5-14(2)11-16/h4-12H,3,13H2,1-2H3,(H,22,23)/b19-12-. The number of ketones is 1. The third kappa shape index (κ3) is 5.49. The van der Waals surface area contributed by atoms with E-state index in [4.69, 9.17) is 14.6 Å². The number of carboxylic acid groups (broad SMARTS) is 1. The van der Waals surface area contributed by atoms with Crippen LogP contribution in [0.1, 0.15) is 28.4 Å². The number of ether oxygens (including phenoxy) is 2. The molecule has 0 unspecified atom stereocenters. The number of hydrogen-bond acceptors (Lipinski definition) is 4. The molecule has 0 aromatic heterocycles. The Hall–Kier alpha value is -3.08. The minimum atomic E-state index is -1.12. The molecule has 0 saturated heterocycles. The van der Waals surface area contributed by atoms with E-state index in [0.717, 1.165) is 5.56 Å². The van der Waals surface area contributed by atoms with Gasteiger partial charge in [-0.05, 0) is 43.7 Å². The van der Waals surface area contributed by atoms with Gasteiger partial charge in [-0.25, -0.2) is 4.79 Å². The first-order valence-electron chi connectivity index (χ1n) is 7.90. The summed E-state index contributed by atoms with van der Waals surface area (Å²) in [6.07, 6.45) is 1.44. The van der Waals surface area contributed by atoms with Crippen molar-refractivity contribution in [1.82, 2.24) is 0 Å². The van der Waals surface area contributed by atoms with Crippen LogP contribution in [0.4, 0.5) is 0 Å². The number of hydrogen-bond donors (Lipinski definition) is 1. The van der Waals surface area contributed by atoms with E-state index in [-0.39, 0.29) is 24.8 Å². The Morgan fingerprint density at radius 3 is 2.44 bits per heavy atom. The summed E-state index contributed by atoms with van der Waals surface area (Å²) in [4.78, 5) is 23.2. The molecule has 0 amide bonds. The van der Waals surface area contributed by atoms with Gasteiger partial charge in [-0.15, -0.1) is 0 Å². The van der Waals surface area contributed by atoms with Gasteiger partial charge >= 0.3 is 5.97 Å². The van der Waals surface area contributed by atoms with Crippen molar-refractivity contribution in [2.75, 3.05) is 13.2 Å². The van der Waals surface area contributed by atoms with Gasteiger partial charge in [-0.3, -0.25) is 4.79 Å². The van der Waals surface area contributed by atoms with E-state index < -0.39 is 5.97 Å². The number of benzene rings is 2. The zero-order valence-corrected chi connectivity index (χ0v) is 14.2. The monoisotopic (exact) mass is 340 g/mol. The first-order valence-corrected chi connectivity index (χ1v) is 7.90. The highest BCUT2D eigenvalue weighted by Crippen LogP contribution is 2.16. The molecule has 0 aliphatic rings. The average Bonchev–Trinajstić information content (AvgIpc) is 2.60. The Morgan fingerprint density at radius 2 is 1.84 bits per heavy atom. The number of aryl methyl sites for hydroxylation is 1. The van der Waals surface area contributed by atoms with Crippen LogP contribution in [0, 0.1) is 6.92 Å². The summed E-state index contributed by atoms with van der Waals surface area (Å²) >= 11 is 0. The second-order valence-corrected chi connectivity index (χ2v) is 5.40. The van der Waals surface area contributed by atoms with Crippen LogP contribution >= 0.6 is 0 Å². The topological polar surface area (TPSA) is 72.8 Å². The Labute approximate surface area is 146 Å². The van der Waals surface area contributed by atoms with Crippen LogP contribution in [-0.2, 0) is 9.53 Å². The van der Waals surface area contributed by atoms with Gasteiger partial charge in [0.25, 0.3) is 0 Å². The Morgan fingerprint density at radius 1 is 1.12 bits per heavy atom. The molecule has 0 heterocycles. The highest BCUT2D eigenvalue weighted by atomic mass is 16.5. The van der Waals surface area contributed by atoms with E-state index in [1.807, 2.05) is 25.1 Å².